The fourth-order valence-corrected chi connectivity index (χ4v) is 3.78. The average Bonchev–Trinajstić information content (AvgIpc) is 2.79. The summed E-state index contributed by atoms with van der Waals surface area (Å²) < 4.78 is 4.87. The zero-order valence-electron chi connectivity index (χ0n) is 20.9. The first-order chi connectivity index (χ1) is 15.6. The minimum Gasteiger partial charge on any atom is -0.383 e. The van der Waals surface area contributed by atoms with Crippen LogP contribution in [0.25, 0.3) is 0 Å². The summed E-state index contributed by atoms with van der Waals surface area (Å²) in [5.74, 6) is -0.234. The number of hydrogen-bond acceptors (Lipinski definition) is 4. The van der Waals surface area contributed by atoms with Crippen molar-refractivity contribution in [2.75, 3.05) is 20.3 Å². The molecule has 1 atom stereocenters. The van der Waals surface area contributed by atoms with Crippen molar-refractivity contribution < 1.29 is 19.1 Å². The number of rotatable bonds is 24. The molecule has 0 bridgehead atoms. The molecule has 0 rings (SSSR count). The van der Waals surface area contributed by atoms with Gasteiger partial charge in [0.15, 0.2) is 0 Å². The quantitative estimate of drug-likeness (QED) is 0.149. The lowest BCUT2D eigenvalue weighted by atomic mass is 10.0. The number of carbonyl (C=O) groups is 3. The van der Waals surface area contributed by atoms with Crippen LogP contribution >= 0.6 is 0 Å². The molecule has 2 N–H and O–H groups in total. The maximum absolute atomic E-state index is 12.0. The van der Waals surface area contributed by atoms with Crippen molar-refractivity contribution in [2.45, 2.75) is 129 Å². The largest absolute Gasteiger partial charge is 0.383 e. The van der Waals surface area contributed by atoms with E-state index in [-0.39, 0.29) is 18.2 Å². The number of ether oxygens (including phenoxy) is 1. The zero-order valence-corrected chi connectivity index (χ0v) is 20.9. The maximum atomic E-state index is 12.0. The highest BCUT2D eigenvalue weighted by atomic mass is 16.5. The zero-order chi connectivity index (χ0) is 23.7. The summed E-state index contributed by atoms with van der Waals surface area (Å²) in [5, 5.41) is 5.43. The van der Waals surface area contributed by atoms with Crippen LogP contribution in [0.15, 0.2) is 0 Å². The van der Waals surface area contributed by atoms with Crippen LogP contribution in [-0.2, 0) is 19.1 Å². The summed E-state index contributed by atoms with van der Waals surface area (Å²) in [5.41, 5.74) is 0. The highest BCUT2D eigenvalue weighted by Crippen LogP contribution is 2.13. The Bertz CT molecular complexity index is 457. The van der Waals surface area contributed by atoms with Crippen molar-refractivity contribution in [2.24, 2.45) is 0 Å². The van der Waals surface area contributed by atoms with Gasteiger partial charge in [0.1, 0.15) is 6.29 Å². The van der Waals surface area contributed by atoms with Gasteiger partial charge < -0.3 is 20.2 Å². The van der Waals surface area contributed by atoms with Crippen LogP contribution in [-0.4, -0.2) is 44.4 Å². The van der Waals surface area contributed by atoms with Crippen LogP contribution < -0.4 is 10.6 Å². The van der Waals surface area contributed by atoms with Crippen LogP contribution in [0.3, 0.4) is 0 Å². The van der Waals surface area contributed by atoms with E-state index in [1.165, 1.54) is 83.5 Å². The summed E-state index contributed by atoms with van der Waals surface area (Å²) in [6.45, 7) is 3.17. The fourth-order valence-electron chi connectivity index (χ4n) is 3.78. The number of nitrogens with one attached hydrogen (secondary N) is 2. The van der Waals surface area contributed by atoms with Crippen LogP contribution in [0.1, 0.15) is 122 Å². The molecule has 0 heterocycles. The van der Waals surface area contributed by atoms with E-state index >= 15 is 0 Å². The van der Waals surface area contributed by atoms with E-state index in [1.54, 1.807) is 7.11 Å². The van der Waals surface area contributed by atoms with Crippen molar-refractivity contribution in [3.63, 3.8) is 0 Å². The van der Waals surface area contributed by atoms with E-state index < -0.39 is 6.04 Å². The Hall–Kier alpha value is -1.43. The molecule has 0 aliphatic carbocycles. The van der Waals surface area contributed by atoms with Crippen molar-refractivity contribution >= 4 is 18.1 Å². The molecule has 0 aliphatic rings. The van der Waals surface area contributed by atoms with Crippen molar-refractivity contribution in [3.05, 3.63) is 0 Å². The van der Waals surface area contributed by atoms with Gasteiger partial charge in [0.05, 0.1) is 12.6 Å². The summed E-state index contributed by atoms with van der Waals surface area (Å²) in [4.78, 5) is 34.8. The average molecular weight is 455 g/mol. The van der Waals surface area contributed by atoms with Gasteiger partial charge >= 0.3 is 0 Å². The normalized spacial score (nSPS) is 11.8. The predicted octanol–water partition coefficient (Wildman–Crippen LogP) is 5.47. The molecule has 0 saturated carbocycles. The first kappa shape index (κ1) is 30.6. The third kappa shape index (κ3) is 21.8. The van der Waals surface area contributed by atoms with Gasteiger partial charge in [0.2, 0.25) is 11.8 Å². The van der Waals surface area contributed by atoms with Crippen LogP contribution in [0, 0.1) is 0 Å². The van der Waals surface area contributed by atoms with E-state index in [0.29, 0.717) is 32.3 Å². The van der Waals surface area contributed by atoms with Gasteiger partial charge in [-0.1, -0.05) is 96.8 Å². The van der Waals surface area contributed by atoms with E-state index in [0.717, 1.165) is 12.8 Å². The monoisotopic (exact) mass is 454 g/mol. The van der Waals surface area contributed by atoms with E-state index in [9.17, 15) is 14.4 Å². The highest BCUT2D eigenvalue weighted by Gasteiger charge is 2.13. The number of unbranched alkanes of at least 4 members (excludes halogenated alkanes) is 14. The first-order valence-electron chi connectivity index (χ1n) is 13.1. The second-order valence-corrected chi connectivity index (χ2v) is 8.89. The van der Waals surface area contributed by atoms with Gasteiger partial charge in [-0.05, 0) is 12.8 Å². The summed E-state index contributed by atoms with van der Waals surface area (Å²) in [6.07, 6.45) is 21.1. The van der Waals surface area contributed by atoms with E-state index in [1.807, 2.05) is 0 Å². The van der Waals surface area contributed by atoms with Crippen molar-refractivity contribution in [1.82, 2.24) is 10.6 Å². The molecule has 0 radical (unpaired) electrons. The van der Waals surface area contributed by atoms with Crippen LogP contribution in [0.4, 0.5) is 0 Å². The molecule has 2 amide bonds. The molecule has 0 spiro atoms. The third-order valence-corrected chi connectivity index (χ3v) is 5.83. The lowest BCUT2D eigenvalue weighted by Crippen LogP contribution is -2.37. The Kier molecular flexibility index (Phi) is 23.1. The minimum atomic E-state index is -0.591. The number of hydrogen-bond donors (Lipinski definition) is 2. The van der Waals surface area contributed by atoms with Crippen molar-refractivity contribution in [1.29, 1.82) is 0 Å². The molecular weight excluding hydrogens is 404 g/mol. The lowest BCUT2D eigenvalue weighted by molar-refractivity contribution is -0.125. The van der Waals surface area contributed by atoms with Crippen LogP contribution in [0.5, 0.6) is 0 Å². The van der Waals surface area contributed by atoms with Gasteiger partial charge in [0, 0.05) is 26.5 Å². The number of methoxy groups -OCH3 is 1. The Labute approximate surface area is 197 Å². The van der Waals surface area contributed by atoms with Gasteiger partial charge in [-0.15, -0.1) is 0 Å². The molecule has 0 saturated heterocycles. The molecule has 6 heteroatoms. The van der Waals surface area contributed by atoms with E-state index in [4.69, 9.17) is 4.74 Å². The fraction of sp³-hybridized carbons (Fsp3) is 0.885. The number of aldehydes is 1. The Morgan fingerprint density at radius 3 is 1.72 bits per heavy atom. The van der Waals surface area contributed by atoms with Crippen molar-refractivity contribution in [3.8, 4) is 0 Å². The molecule has 32 heavy (non-hydrogen) atoms. The third-order valence-electron chi connectivity index (χ3n) is 5.83. The number of carbonyl (C=O) groups excluding carboxylic acids is 3. The van der Waals surface area contributed by atoms with E-state index in [2.05, 4.69) is 17.6 Å². The molecule has 0 aromatic carbocycles. The molecule has 0 fully saturated rings. The summed E-state index contributed by atoms with van der Waals surface area (Å²) in [7, 11) is 1.57. The Morgan fingerprint density at radius 1 is 0.750 bits per heavy atom. The Balaban J connectivity index is 3.49. The molecule has 1 unspecified atom stereocenters. The molecule has 188 valence electrons. The minimum absolute atomic E-state index is 0.100. The maximum Gasteiger partial charge on any atom is 0.220 e. The van der Waals surface area contributed by atoms with Gasteiger partial charge in [-0.25, -0.2) is 0 Å². The smallest absolute Gasteiger partial charge is 0.220 e. The van der Waals surface area contributed by atoms with Gasteiger partial charge in [-0.2, -0.15) is 0 Å². The highest BCUT2D eigenvalue weighted by molar-refractivity contribution is 5.80. The molecule has 6 nitrogen and oxygen atoms in total. The molecule has 0 aromatic rings. The lowest BCUT2D eigenvalue weighted by Gasteiger charge is -2.12. The second kappa shape index (κ2) is 24.2. The second-order valence-electron chi connectivity index (χ2n) is 8.89. The molecular formula is C26H50N2O4. The van der Waals surface area contributed by atoms with Gasteiger partial charge in [0.25, 0.3) is 0 Å². The summed E-state index contributed by atoms with van der Waals surface area (Å²) in [6, 6.07) is -0.591. The first-order valence-corrected chi connectivity index (χ1v) is 13.1. The Morgan fingerprint density at radius 2 is 1.25 bits per heavy atom. The predicted molar refractivity (Wildman–Crippen MR) is 132 cm³/mol. The standard InChI is InChI=1S/C26H50N2O4/c1-3-4-5-6-7-8-9-10-11-12-13-14-15-16-17-18-26(31)28-24(23-29)19-20-25(30)27-21-22-32-2/h23-24H,3-22H2,1-2H3,(H,27,30)(H,28,31). The number of amides is 2. The topological polar surface area (TPSA) is 84.5 Å². The summed E-state index contributed by atoms with van der Waals surface area (Å²) >= 11 is 0. The SMILES string of the molecule is CCCCCCCCCCCCCCCCCC(=O)NC(C=O)CCC(=O)NCCOC. The molecule has 0 aliphatic heterocycles. The molecule has 0 aromatic heterocycles. The van der Waals surface area contributed by atoms with Gasteiger partial charge in [-0.3, -0.25) is 9.59 Å². The van der Waals surface area contributed by atoms with Crippen LogP contribution in [0.2, 0.25) is 0 Å².